The molecule has 2 N–H and O–H groups in total. The van der Waals surface area contributed by atoms with Gasteiger partial charge in [-0.25, -0.2) is 0 Å². The predicted molar refractivity (Wildman–Crippen MR) is 84.1 cm³/mol. The lowest BCUT2D eigenvalue weighted by molar-refractivity contribution is -0.122. The Balaban J connectivity index is 1.65. The lowest BCUT2D eigenvalue weighted by Gasteiger charge is -2.28. The van der Waals surface area contributed by atoms with Crippen molar-refractivity contribution in [3.05, 3.63) is 48.0 Å². The Kier molecular flexibility index (Phi) is 4.20. The molecule has 1 saturated carbocycles. The quantitative estimate of drug-likeness (QED) is 0.910. The molecule has 110 valence electrons. The highest BCUT2D eigenvalue weighted by atomic mass is 16.3. The van der Waals surface area contributed by atoms with E-state index in [-0.39, 0.29) is 18.1 Å². The first kappa shape index (κ1) is 14.1. The van der Waals surface area contributed by atoms with Crippen LogP contribution in [0.5, 0.6) is 0 Å². The molecule has 2 aromatic carbocycles. The first-order chi connectivity index (χ1) is 10.2. The van der Waals surface area contributed by atoms with Gasteiger partial charge in [-0.3, -0.25) is 4.79 Å². The molecule has 0 bridgehead atoms. The molecule has 2 atom stereocenters. The van der Waals surface area contributed by atoms with Crippen LogP contribution >= 0.6 is 0 Å². The molecule has 2 aromatic rings. The summed E-state index contributed by atoms with van der Waals surface area (Å²) in [5.74, 6) is -0.00349. The Labute approximate surface area is 125 Å². The smallest absolute Gasteiger partial charge is 0.224 e. The Morgan fingerprint density at radius 1 is 1.10 bits per heavy atom. The molecule has 1 amide bonds. The van der Waals surface area contributed by atoms with E-state index in [1.54, 1.807) is 0 Å². The number of aliphatic hydroxyl groups excluding tert-OH is 1. The van der Waals surface area contributed by atoms with Crippen molar-refractivity contribution < 1.29 is 9.90 Å². The fourth-order valence-electron chi connectivity index (χ4n) is 3.07. The lowest BCUT2D eigenvalue weighted by Crippen LogP contribution is -2.45. The monoisotopic (exact) mass is 283 g/mol. The Bertz CT molecular complexity index is 638. The van der Waals surface area contributed by atoms with Gasteiger partial charge in [-0.2, -0.15) is 0 Å². The van der Waals surface area contributed by atoms with Crippen LogP contribution in [0.3, 0.4) is 0 Å². The SMILES string of the molecule is O=C(Cc1ccc2ccccc2c1)N[C@@H]1CCCC[C@H]1O. The van der Waals surface area contributed by atoms with Gasteiger partial charge < -0.3 is 10.4 Å². The summed E-state index contributed by atoms with van der Waals surface area (Å²) in [5, 5.41) is 15.2. The van der Waals surface area contributed by atoms with Gasteiger partial charge >= 0.3 is 0 Å². The van der Waals surface area contributed by atoms with E-state index in [0.717, 1.165) is 36.6 Å². The molecule has 3 rings (SSSR count). The largest absolute Gasteiger partial charge is 0.391 e. The van der Waals surface area contributed by atoms with Crippen molar-refractivity contribution >= 4 is 16.7 Å². The van der Waals surface area contributed by atoms with Gasteiger partial charge in [0.1, 0.15) is 0 Å². The molecule has 3 nitrogen and oxygen atoms in total. The minimum absolute atomic E-state index is 0.00349. The first-order valence-corrected chi connectivity index (χ1v) is 7.67. The summed E-state index contributed by atoms with van der Waals surface area (Å²) in [6.07, 6.45) is 3.79. The van der Waals surface area contributed by atoms with Gasteiger partial charge in [0.15, 0.2) is 0 Å². The molecular formula is C18H21NO2. The van der Waals surface area contributed by atoms with Crippen molar-refractivity contribution in [2.75, 3.05) is 0 Å². The second-order valence-electron chi connectivity index (χ2n) is 5.88. The number of rotatable bonds is 3. The molecule has 0 radical (unpaired) electrons. The summed E-state index contributed by atoms with van der Waals surface area (Å²) in [6, 6.07) is 14.2. The summed E-state index contributed by atoms with van der Waals surface area (Å²) < 4.78 is 0. The lowest BCUT2D eigenvalue weighted by atomic mass is 9.92. The zero-order valence-corrected chi connectivity index (χ0v) is 12.1. The van der Waals surface area contributed by atoms with Gasteiger partial charge in [0.05, 0.1) is 18.6 Å². The van der Waals surface area contributed by atoms with E-state index in [2.05, 4.69) is 23.5 Å². The van der Waals surface area contributed by atoms with Gasteiger partial charge in [-0.15, -0.1) is 0 Å². The summed E-state index contributed by atoms with van der Waals surface area (Å²) in [6.45, 7) is 0. The summed E-state index contributed by atoms with van der Waals surface area (Å²) in [7, 11) is 0. The van der Waals surface area contributed by atoms with Gasteiger partial charge in [-0.1, -0.05) is 55.3 Å². The average Bonchev–Trinajstić information content (AvgIpc) is 2.49. The average molecular weight is 283 g/mol. The highest BCUT2D eigenvalue weighted by molar-refractivity contribution is 5.85. The number of hydrogen-bond acceptors (Lipinski definition) is 2. The van der Waals surface area contributed by atoms with Crippen LogP contribution in [-0.4, -0.2) is 23.2 Å². The van der Waals surface area contributed by atoms with Crippen molar-refractivity contribution in [2.24, 2.45) is 0 Å². The zero-order valence-electron chi connectivity index (χ0n) is 12.1. The van der Waals surface area contributed by atoms with Crippen molar-refractivity contribution in [3.63, 3.8) is 0 Å². The van der Waals surface area contributed by atoms with E-state index >= 15 is 0 Å². The van der Waals surface area contributed by atoms with Crippen LogP contribution in [-0.2, 0) is 11.2 Å². The molecule has 0 aliphatic heterocycles. The summed E-state index contributed by atoms with van der Waals surface area (Å²) in [5.41, 5.74) is 1.01. The number of carbonyl (C=O) groups excluding carboxylic acids is 1. The van der Waals surface area contributed by atoms with Gasteiger partial charge in [0.25, 0.3) is 0 Å². The molecule has 0 heterocycles. The second-order valence-corrected chi connectivity index (χ2v) is 5.88. The number of aliphatic hydroxyl groups is 1. The predicted octanol–water partition coefficient (Wildman–Crippen LogP) is 2.80. The van der Waals surface area contributed by atoms with Crippen LogP contribution < -0.4 is 5.32 Å². The first-order valence-electron chi connectivity index (χ1n) is 7.67. The molecule has 0 unspecified atom stereocenters. The van der Waals surface area contributed by atoms with Crippen molar-refractivity contribution in [2.45, 2.75) is 44.2 Å². The van der Waals surface area contributed by atoms with Crippen LogP contribution in [0.4, 0.5) is 0 Å². The van der Waals surface area contributed by atoms with Crippen LogP contribution in [0.25, 0.3) is 10.8 Å². The maximum atomic E-state index is 12.1. The summed E-state index contributed by atoms with van der Waals surface area (Å²) in [4.78, 5) is 12.1. The molecule has 1 fully saturated rings. The van der Waals surface area contributed by atoms with Crippen molar-refractivity contribution in [1.82, 2.24) is 5.32 Å². The maximum absolute atomic E-state index is 12.1. The standard InChI is InChI=1S/C18H21NO2/c20-17-8-4-3-7-16(17)19-18(21)12-13-9-10-14-5-1-2-6-15(14)11-13/h1-2,5-6,9-11,16-17,20H,3-4,7-8,12H2,(H,19,21)/t16-,17-/m1/s1. The third-order valence-corrected chi connectivity index (χ3v) is 4.25. The van der Waals surface area contributed by atoms with E-state index < -0.39 is 0 Å². The number of benzene rings is 2. The minimum atomic E-state index is -0.390. The molecule has 21 heavy (non-hydrogen) atoms. The van der Waals surface area contributed by atoms with E-state index in [4.69, 9.17) is 0 Å². The fraction of sp³-hybridized carbons (Fsp3) is 0.389. The van der Waals surface area contributed by atoms with Crippen LogP contribution in [0.1, 0.15) is 31.2 Å². The topological polar surface area (TPSA) is 49.3 Å². The molecule has 0 spiro atoms. The number of hydrogen-bond donors (Lipinski definition) is 2. The van der Waals surface area contributed by atoms with Gasteiger partial charge in [-0.05, 0) is 29.2 Å². The normalized spacial score (nSPS) is 22.1. The number of fused-ring (bicyclic) bond motifs is 1. The third kappa shape index (κ3) is 3.42. The van der Waals surface area contributed by atoms with Gasteiger partial charge in [0, 0.05) is 0 Å². The van der Waals surface area contributed by atoms with Crippen LogP contribution in [0.15, 0.2) is 42.5 Å². The molecule has 0 saturated heterocycles. The molecular weight excluding hydrogens is 262 g/mol. The molecule has 1 aliphatic rings. The number of nitrogens with one attached hydrogen (secondary N) is 1. The van der Waals surface area contributed by atoms with E-state index in [0.29, 0.717) is 6.42 Å². The maximum Gasteiger partial charge on any atom is 0.224 e. The molecule has 0 aromatic heterocycles. The Morgan fingerprint density at radius 3 is 2.67 bits per heavy atom. The van der Waals surface area contributed by atoms with Crippen LogP contribution in [0, 0.1) is 0 Å². The Hall–Kier alpha value is -1.87. The second kappa shape index (κ2) is 6.27. The number of carbonyl (C=O) groups is 1. The fourth-order valence-corrected chi connectivity index (χ4v) is 3.07. The third-order valence-electron chi connectivity index (χ3n) is 4.25. The molecule has 1 aliphatic carbocycles. The van der Waals surface area contributed by atoms with Crippen LogP contribution in [0.2, 0.25) is 0 Å². The Morgan fingerprint density at radius 2 is 1.86 bits per heavy atom. The van der Waals surface area contributed by atoms with Crippen molar-refractivity contribution in [3.8, 4) is 0 Å². The van der Waals surface area contributed by atoms with Crippen molar-refractivity contribution in [1.29, 1.82) is 0 Å². The zero-order chi connectivity index (χ0) is 14.7. The highest BCUT2D eigenvalue weighted by Crippen LogP contribution is 2.19. The minimum Gasteiger partial charge on any atom is -0.391 e. The molecule has 3 heteroatoms. The highest BCUT2D eigenvalue weighted by Gasteiger charge is 2.24. The van der Waals surface area contributed by atoms with E-state index in [1.165, 1.54) is 5.39 Å². The summed E-state index contributed by atoms with van der Waals surface area (Å²) >= 11 is 0. The number of amides is 1. The van der Waals surface area contributed by atoms with Gasteiger partial charge in [0.2, 0.25) is 5.91 Å². The van der Waals surface area contributed by atoms with E-state index in [9.17, 15) is 9.90 Å². The van der Waals surface area contributed by atoms with E-state index in [1.807, 2.05) is 24.3 Å².